The molecule has 17 heavy (non-hydrogen) atoms. The van der Waals surface area contributed by atoms with Crippen LogP contribution in [0.5, 0.6) is 0 Å². The van der Waals surface area contributed by atoms with Crippen molar-refractivity contribution in [2.75, 3.05) is 18.5 Å². The summed E-state index contributed by atoms with van der Waals surface area (Å²) in [6.07, 6.45) is 3.23. The Labute approximate surface area is 103 Å². The average Bonchev–Trinajstić information content (AvgIpc) is 2.79. The lowest BCUT2D eigenvalue weighted by Gasteiger charge is -2.17. The Balaban J connectivity index is 1.89. The number of anilines is 1. The maximum absolute atomic E-state index is 5.29. The third-order valence-electron chi connectivity index (χ3n) is 3.63. The Bertz CT molecular complexity index is 347. The van der Waals surface area contributed by atoms with Gasteiger partial charge < -0.3 is 5.43 Å². The molecule has 2 heterocycles. The van der Waals surface area contributed by atoms with Gasteiger partial charge in [-0.05, 0) is 36.4 Å². The van der Waals surface area contributed by atoms with Gasteiger partial charge in [-0.15, -0.1) is 0 Å². The van der Waals surface area contributed by atoms with Crippen molar-refractivity contribution in [1.29, 1.82) is 0 Å². The van der Waals surface area contributed by atoms with Gasteiger partial charge in [0, 0.05) is 19.3 Å². The van der Waals surface area contributed by atoms with Crippen molar-refractivity contribution in [1.82, 2.24) is 9.88 Å². The van der Waals surface area contributed by atoms with Crippen molar-refractivity contribution in [2.45, 2.75) is 26.8 Å². The Morgan fingerprint density at radius 1 is 1.53 bits per heavy atom. The van der Waals surface area contributed by atoms with Gasteiger partial charge in [0.25, 0.3) is 0 Å². The summed E-state index contributed by atoms with van der Waals surface area (Å²) in [6, 6.07) is 4.01. The van der Waals surface area contributed by atoms with Crippen molar-refractivity contribution >= 4 is 5.82 Å². The molecule has 1 aromatic heterocycles. The van der Waals surface area contributed by atoms with Crippen molar-refractivity contribution in [3.63, 3.8) is 0 Å². The molecule has 0 saturated carbocycles. The molecule has 0 bridgehead atoms. The summed E-state index contributed by atoms with van der Waals surface area (Å²) >= 11 is 0. The Morgan fingerprint density at radius 2 is 2.35 bits per heavy atom. The first-order chi connectivity index (χ1) is 8.19. The van der Waals surface area contributed by atoms with E-state index in [1.165, 1.54) is 25.1 Å². The number of pyridine rings is 1. The van der Waals surface area contributed by atoms with Gasteiger partial charge in [-0.1, -0.05) is 19.9 Å². The molecule has 0 radical (unpaired) electrons. The zero-order chi connectivity index (χ0) is 12.3. The van der Waals surface area contributed by atoms with Crippen LogP contribution in [0.15, 0.2) is 18.3 Å². The minimum Gasteiger partial charge on any atom is -0.308 e. The molecule has 0 amide bonds. The quantitative estimate of drug-likeness (QED) is 0.616. The van der Waals surface area contributed by atoms with Crippen LogP contribution in [0.1, 0.15) is 25.8 Å². The second kappa shape index (κ2) is 5.47. The Morgan fingerprint density at radius 3 is 2.88 bits per heavy atom. The molecule has 0 aromatic carbocycles. The van der Waals surface area contributed by atoms with E-state index in [9.17, 15) is 0 Å². The van der Waals surface area contributed by atoms with Crippen LogP contribution < -0.4 is 11.3 Å². The Kier molecular flexibility index (Phi) is 3.97. The topological polar surface area (TPSA) is 54.2 Å². The first-order valence-corrected chi connectivity index (χ1v) is 6.33. The molecule has 0 spiro atoms. The number of hydrogen-bond acceptors (Lipinski definition) is 4. The molecule has 1 unspecified atom stereocenters. The number of nitrogens with zero attached hydrogens (tertiary/aromatic N) is 2. The van der Waals surface area contributed by atoms with Gasteiger partial charge in [-0.25, -0.2) is 10.8 Å². The average molecular weight is 234 g/mol. The standard InChI is InChI=1S/C13H22N4/c1-10(2)12-5-6-17(9-12)8-11-3-4-13(16-14)15-7-11/h3-4,7,10,12H,5-6,8-9,14H2,1-2H3,(H,15,16). The van der Waals surface area contributed by atoms with Crippen LogP contribution in [0.2, 0.25) is 0 Å². The van der Waals surface area contributed by atoms with E-state index in [2.05, 4.69) is 35.2 Å². The van der Waals surface area contributed by atoms with Gasteiger partial charge in [0.2, 0.25) is 0 Å². The first-order valence-electron chi connectivity index (χ1n) is 6.33. The normalized spacial score (nSPS) is 21.1. The second-order valence-corrected chi connectivity index (χ2v) is 5.22. The highest BCUT2D eigenvalue weighted by Gasteiger charge is 2.24. The van der Waals surface area contributed by atoms with Gasteiger partial charge in [0.15, 0.2) is 0 Å². The first kappa shape index (κ1) is 12.3. The van der Waals surface area contributed by atoms with E-state index < -0.39 is 0 Å². The monoisotopic (exact) mass is 234 g/mol. The number of nitrogen functional groups attached to an aromatic ring is 1. The maximum atomic E-state index is 5.29. The van der Waals surface area contributed by atoms with Crippen LogP contribution in [0.3, 0.4) is 0 Å². The highest BCUT2D eigenvalue weighted by molar-refractivity contribution is 5.33. The van der Waals surface area contributed by atoms with E-state index in [1.807, 2.05) is 12.3 Å². The number of aromatic nitrogens is 1. The molecule has 4 nitrogen and oxygen atoms in total. The molecule has 1 aromatic rings. The van der Waals surface area contributed by atoms with Gasteiger partial charge >= 0.3 is 0 Å². The van der Waals surface area contributed by atoms with E-state index in [4.69, 9.17) is 5.84 Å². The Hall–Kier alpha value is -1.13. The van der Waals surface area contributed by atoms with Gasteiger partial charge in [0.1, 0.15) is 5.82 Å². The summed E-state index contributed by atoms with van der Waals surface area (Å²) < 4.78 is 0. The van der Waals surface area contributed by atoms with Crippen molar-refractivity contribution in [3.8, 4) is 0 Å². The lowest BCUT2D eigenvalue weighted by atomic mass is 9.95. The number of hydrogen-bond donors (Lipinski definition) is 2. The van der Waals surface area contributed by atoms with Crippen LogP contribution >= 0.6 is 0 Å². The van der Waals surface area contributed by atoms with Crippen molar-refractivity contribution < 1.29 is 0 Å². The van der Waals surface area contributed by atoms with Gasteiger partial charge in [0.05, 0.1) is 0 Å². The minimum absolute atomic E-state index is 0.718. The number of nitrogens with one attached hydrogen (secondary N) is 1. The summed E-state index contributed by atoms with van der Waals surface area (Å²) in [4.78, 5) is 6.74. The SMILES string of the molecule is CC(C)C1CCN(Cc2ccc(NN)nc2)C1. The van der Waals surface area contributed by atoms with E-state index in [1.54, 1.807) is 0 Å². The van der Waals surface area contributed by atoms with Crippen LogP contribution in [0, 0.1) is 11.8 Å². The summed E-state index contributed by atoms with van der Waals surface area (Å²) in [5, 5.41) is 0. The largest absolute Gasteiger partial charge is 0.308 e. The summed E-state index contributed by atoms with van der Waals surface area (Å²) in [7, 11) is 0. The predicted octanol–water partition coefficient (Wildman–Crippen LogP) is 1.85. The van der Waals surface area contributed by atoms with Crippen molar-refractivity contribution in [2.24, 2.45) is 17.7 Å². The van der Waals surface area contributed by atoms with E-state index >= 15 is 0 Å². The molecule has 1 aliphatic rings. The molecule has 2 rings (SSSR count). The minimum atomic E-state index is 0.718. The smallest absolute Gasteiger partial charge is 0.139 e. The third-order valence-corrected chi connectivity index (χ3v) is 3.63. The van der Waals surface area contributed by atoms with E-state index in [-0.39, 0.29) is 0 Å². The van der Waals surface area contributed by atoms with E-state index in [0.717, 1.165) is 24.2 Å². The molecule has 0 aliphatic carbocycles. The van der Waals surface area contributed by atoms with Gasteiger partial charge in [-0.3, -0.25) is 4.90 Å². The second-order valence-electron chi connectivity index (χ2n) is 5.22. The number of likely N-dealkylation sites (tertiary alicyclic amines) is 1. The molecule has 1 aliphatic heterocycles. The lowest BCUT2D eigenvalue weighted by molar-refractivity contribution is 0.296. The molecule has 1 saturated heterocycles. The summed E-state index contributed by atoms with van der Waals surface area (Å²) in [5.41, 5.74) is 3.80. The fraction of sp³-hybridized carbons (Fsp3) is 0.615. The number of nitrogens with two attached hydrogens (primary N) is 1. The summed E-state index contributed by atoms with van der Waals surface area (Å²) in [6.45, 7) is 8.06. The molecule has 1 fully saturated rings. The zero-order valence-electron chi connectivity index (χ0n) is 10.7. The summed E-state index contributed by atoms with van der Waals surface area (Å²) in [5.74, 6) is 7.66. The molecule has 3 N–H and O–H groups in total. The third kappa shape index (κ3) is 3.17. The number of rotatable bonds is 4. The number of hydrazine groups is 1. The maximum Gasteiger partial charge on any atom is 0.139 e. The highest BCUT2D eigenvalue weighted by atomic mass is 15.2. The van der Waals surface area contributed by atoms with Crippen LogP contribution in [-0.4, -0.2) is 23.0 Å². The fourth-order valence-electron chi connectivity index (χ4n) is 2.41. The van der Waals surface area contributed by atoms with E-state index in [0.29, 0.717) is 0 Å². The van der Waals surface area contributed by atoms with Crippen LogP contribution in [-0.2, 0) is 6.54 Å². The fourth-order valence-corrected chi connectivity index (χ4v) is 2.41. The van der Waals surface area contributed by atoms with Gasteiger partial charge in [-0.2, -0.15) is 0 Å². The predicted molar refractivity (Wildman–Crippen MR) is 70.3 cm³/mol. The van der Waals surface area contributed by atoms with Crippen molar-refractivity contribution in [3.05, 3.63) is 23.9 Å². The molecule has 1 atom stereocenters. The molecular weight excluding hydrogens is 212 g/mol. The molecule has 4 heteroatoms. The zero-order valence-corrected chi connectivity index (χ0v) is 10.7. The van der Waals surface area contributed by atoms with Crippen LogP contribution in [0.25, 0.3) is 0 Å². The highest BCUT2D eigenvalue weighted by Crippen LogP contribution is 2.24. The lowest BCUT2D eigenvalue weighted by Crippen LogP contribution is -2.21. The molecule has 94 valence electrons. The van der Waals surface area contributed by atoms with Crippen LogP contribution in [0.4, 0.5) is 5.82 Å². The molecular formula is C13H22N4.